The minimum Gasteiger partial charge on any atom is -0.260 e. The number of hydrogen-bond acceptors (Lipinski definition) is 3. The predicted octanol–water partition coefficient (Wildman–Crippen LogP) is 11.5. The highest BCUT2D eigenvalue weighted by molar-refractivity contribution is 6.37. The monoisotopic (exact) mass is 622 g/mol. The maximum Gasteiger partial charge on any atom is 0.235 e. The van der Waals surface area contributed by atoms with E-state index in [4.69, 9.17) is 15.0 Å². The van der Waals surface area contributed by atoms with Crippen molar-refractivity contribution in [1.29, 1.82) is 0 Å². The lowest BCUT2D eigenvalue weighted by molar-refractivity contribution is 0.958. The van der Waals surface area contributed by atoms with E-state index >= 15 is 0 Å². The zero-order valence-electron chi connectivity index (χ0n) is 26.3. The summed E-state index contributed by atoms with van der Waals surface area (Å²) in [6, 6.07) is 52.2. The first-order valence-electron chi connectivity index (χ1n) is 16.6. The van der Waals surface area contributed by atoms with Gasteiger partial charge in [0.15, 0.2) is 0 Å². The van der Waals surface area contributed by atoms with Gasteiger partial charge in [-0.2, -0.15) is 0 Å². The fraction of sp³-hybridized carbons (Fsp3) is 0. The molecule has 0 aliphatic rings. The van der Waals surface area contributed by atoms with E-state index in [1.165, 1.54) is 64.6 Å². The SMILES string of the molecule is c1ccc(-c2nc3ccccc3n2-c2ncc(-c3cc4ccc5cccc6c7cccc8ccc9cccc(c(c3)c4c56)c9c87)cn2)cc1. The Morgan fingerprint density at radius 1 is 0.388 bits per heavy atom. The van der Waals surface area contributed by atoms with Crippen molar-refractivity contribution in [2.45, 2.75) is 0 Å². The van der Waals surface area contributed by atoms with Crippen LogP contribution in [0.5, 0.6) is 0 Å². The topological polar surface area (TPSA) is 43.6 Å². The molecule has 0 bridgehead atoms. The second-order valence-corrected chi connectivity index (χ2v) is 12.9. The average Bonchev–Trinajstić information content (AvgIpc) is 3.56. The summed E-state index contributed by atoms with van der Waals surface area (Å²) in [5, 5.41) is 15.2. The Bertz CT molecular complexity index is 3080. The van der Waals surface area contributed by atoms with Gasteiger partial charge in [-0.1, -0.05) is 121 Å². The summed E-state index contributed by atoms with van der Waals surface area (Å²) in [5.41, 5.74) is 4.95. The Kier molecular flexibility index (Phi) is 5.35. The number of fused-ring (bicyclic) bond motifs is 3. The summed E-state index contributed by atoms with van der Waals surface area (Å²) in [5.74, 6) is 1.41. The van der Waals surface area contributed by atoms with Crippen LogP contribution in [0.15, 0.2) is 158 Å². The maximum atomic E-state index is 4.98. The Hall–Kier alpha value is -6.65. The van der Waals surface area contributed by atoms with Gasteiger partial charge in [0.2, 0.25) is 5.95 Å². The van der Waals surface area contributed by atoms with Crippen LogP contribution >= 0.6 is 0 Å². The quantitative estimate of drug-likeness (QED) is 0.184. The summed E-state index contributed by atoms with van der Waals surface area (Å²) in [6.45, 7) is 0. The standard InChI is InChI=1S/C45H26N4/c1-2-9-30(10-3-1)44-48-38-17-4-5-18-39(38)49(44)45-46-25-33(26-47-45)32-23-31-22-21-29-12-7-15-35-34-14-6-11-27-19-20-28-13-8-16-36(42(28)40(27)34)37(24-32)43(31)41(29)35/h1-26H. The van der Waals surface area contributed by atoms with Gasteiger partial charge in [0, 0.05) is 23.5 Å². The second-order valence-electron chi connectivity index (χ2n) is 12.9. The van der Waals surface area contributed by atoms with Gasteiger partial charge >= 0.3 is 0 Å². The first-order chi connectivity index (χ1) is 24.3. The van der Waals surface area contributed by atoms with Crippen LogP contribution < -0.4 is 0 Å². The van der Waals surface area contributed by atoms with E-state index in [1.54, 1.807) is 0 Å². The molecule has 4 nitrogen and oxygen atoms in total. The molecule has 11 rings (SSSR count). The van der Waals surface area contributed by atoms with Crippen LogP contribution in [-0.2, 0) is 0 Å². The molecule has 0 amide bonds. The van der Waals surface area contributed by atoms with Crippen LogP contribution in [0.4, 0.5) is 0 Å². The van der Waals surface area contributed by atoms with Gasteiger partial charge in [-0.05, 0) is 94.5 Å². The Balaban J connectivity index is 1.20. The zero-order chi connectivity index (χ0) is 32.1. The molecule has 0 saturated carbocycles. The molecular weight excluding hydrogens is 597 g/mol. The Morgan fingerprint density at radius 2 is 0.939 bits per heavy atom. The molecule has 0 unspecified atom stereocenters. The van der Waals surface area contributed by atoms with Crippen LogP contribution in [0, 0.1) is 0 Å². The smallest absolute Gasteiger partial charge is 0.235 e. The normalized spacial score (nSPS) is 12.1. The van der Waals surface area contributed by atoms with Gasteiger partial charge in [-0.25, -0.2) is 15.0 Å². The lowest BCUT2D eigenvalue weighted by atomic mass is 9.87. The number of rotatable bonds is 3. The van der Waals surface area contributed by atoms with Gasteiger partial charge in [0.05, 0.1) is 11.0 Å². The third kappa shape index (κ3) is 3.77. The molecular formula is C45H26N4. The summed E-state index contributed by atoms with van der Waals surface area (Å²) in [7, 11) is 0. The van der Waals surface area contributed by atoms with Crippen molar-refractivity contribution in [2.75, 3.05) is 0 Å². The molecule has 2 heterocycles. The minimum atomic E-state index is 0.593. The summed E-state index contributed by atoms with van der Waals surface area (Å²) >= 11 is 0. The largest absolute Gasteiger partial charge is 0.260 e. The third-order valence-electron chi connectivity index (χ3n) is 10.2. The molecule has 0 radical (unpaired) electrons. The Morgan fingerprint density at radius 3 is 1.59 bits per heavy atom. The van der Waals surface area contributed by atoms with E-state index in [-0.39, 0.29) is 0 Å². The highest BCUT2D eigenvalue weighted by Gasteiger charge is 2.18. The minimum absolute atomic E-state index is 0.593. The maximum absolute atomic E-state index is 4.98. The molecule has 9 aromatic carbocycles. The van der Waals surface area contributed by atoms with E-state index < -0.39 is 0 Å². The molecule has 0 saturated heterocycles. The van der Waals surface area contributed by atoms with Crippen molar-refractivity contribution < 1.29 is 0 Å². The predicted molar refractivity (Wildman–Crippen MR) is 204 cm³/mol. The number of hydrogen-bond donors (Lipinski definition) is 0. The van der Waals surface area contributed by atoms with Gasteiger partial charge in [-0.15, -0.1) is 0 Å². The first-order valence-corrected chi connectivity index (χ1v) is 16.6. The van der Waals surface area contributed by atoms with Crippen molar-refractivity contribution in [1.82, 2.24) is 19.5 Å². The average molecular weight is 623 g/mol. The van der Waals surface area contributed by atoms with Crippen molar-refractivity contribution in [2.24, 2.45) is 0 Å². The number of imidazole rings is 1. The molecule has 49 heavy (non-hydrogen) atoms. The van der Waals surface area contributed by atoms with E-state index in [1.807, 2.05) is 48.8 Å². The molecule has 0 aliphatic carbocycles. The van der Waals surface area contributed by atoms with Crippen molar-refractivity contribution >= 4 is 75.7 Å². The molecule has 0 N–H and O–H groups in total. The van der Waals surface area contributed by atoms with Crippen molar-refractivity contribution in [3.05, 3.63) is 158 Å². The van der Waals surface area contributed by atoms with Crippen LogP contribution in [0.2, 0.25) is 0 Å². The second kappa shape index (κ2) is 9.93. The molecule has 2 aromatic heterocycles. The number of para-hydroxylation sites is 2. The van der Waals surface area contributed by atoms with Crippen LogP contribution in [0.1, 0.15) is 0 Å². The van der Waals surface area contributed by atoms with E-state index in [9.17, 15) is 0 Å². The van der Waals surface area contributed by atoms with E-state index in [0.29, 0.717) is 5.95 Å². The van der Waals surface area contributed by atoms with Crippen LogP contribution in [0.3, 0.4) is 0 Å². The third-order valence-corrected chi connectivity index (χ3v) is 10.2. The van der Waals surface area contributed by atoms with Gasteiger partial charge in [-0.3, -0.25) is 4.57 Å². The molecule has 0 fully saturated rings. The van der Waals surface area contributed by atoms with Crippen LogP contribution in [0.25, 0.3) is 104 Å². The molecule has 226 valence electrons. The summed E-state index contributed by atoms with van der Waals surface area (Å²) in [4.78, 5) is 14.9. The highest BCUT2D eigenvalue weighted by Crippen LogP contribution is 2.44. The van der Waals surface area contributed by atoms with E-state index in [2.05, 4.69) is 114 Å². The van der Waals surface area contributed by atoms with Gasteiger partial charge in [0.25, 0.3) is 0 Å². The van der Waals surface area contributed by atoms with Gasteiger partial charge in [0.1, 0.15) is 5.82 Å². The number of aromatic nitrogens is 4. The number of nitrogens with zero attached hydrogens (tertiary/aromatic N) is 4. The number of benzene rings is 8. The van der Waals surface area contributed by atoms with Crippen molar-refractivity contribution in [3.8, 4) is 28.5 Å². The van der Waals surface area contributed by atoms with Gasteiger partial charge < -0.3 is 0 Å². The molecule has 0 aliphatic heterocycles. The summed E-state index contributed by atoms with van der Waals surface area (Å²) < 4.78 is 2.05. The Labute approximate surface area is 280 Å². The van der Waals surface area contributed by atoms with Crippen LogP contribution in [-0.4, -0.2) is 19.5 Å². The van der Waals surface area contributed by atoms with Crippen molar-refractivity contribution in [3.63, 3.8) is 0 Å². The first kappa shape index (κ1) is 26.4. The highest BCUT2D eigenvalue weighted by atomic mass is 15.2. The summed E-state index contributed by atoms with van der Waals surface area (Å²) in [6.07, 6.45) is 3.90. The van der Waals surface area contributed by atoms with E-state index in [0.717, 1.165) is 33.5 Å². The fourth-order valence-corrected chi connectivity index (χ4v) is 8.05. The lowest BCUT2D eigenvalue weighted by Crippen LogP contribution is -2.03. The molecule has 0 atom stereocenters. The molecule has 4 heteroatoms. The lowest BCUT2D eigenvalue weighted by Gasteiger charge is -2.17. The fourth-order valence-electron chi connectivity index (χ4n) is 8.05. The molecule has 11 aromatic rings. The molecule has 0 spiro atoms. The zero-order valence-corrected chi connectivity index (χ0v) is 26.3.